The first-order valence-electron chi connectivity index (χ1n) is 34.0. The molecule has 0 saturated heterocycles. The number of esters is 3. The van der Waals surface area contributed by atoms with E-state index in [2.05, 4.69) is 57.2 Å². The smallest absolute Gasteiger partial charge is 0.306 e. The Labute approximate surface area is 474 Å². The molecule has 0 amide bonds. The average molecular weight is 1070 g/mol. The fraction of sp³-hybridized carbons (Fsp3) is 0.871. The van der Waals surface area contributed by atoms with E-state index in [1.807, 2.05) is 0 Å². The molecule has 1 unspecified atom stereocenters. The summed E-state index contributed by atoms with van der Waals surface area (Å²) < 4.78 is 16.9. The standard InChI is InChI=1S/C70H130O6/c1-4-7-10-13-16-19-22-25-27-28-29-30-31-32-33-34-35-36-37-38-39-40-41-43-45-48-51-54-57-60-63-69(72)75-66-67(65-74-68(71)62-59-56-53-50-47-44-24-21-18-15-12-9-6-3)76-70(73)64-61-58-55-52-49-46-42-26-23-20-17-14-11-8-5-2/h17,20-21,24,26,42,67H,4-16,18-19,22-23,25,27-41,43-66H2,1-3H3/b20-17-,24-21-,42-26-. The number of hydrogen-bond donors (Lipinski definition) is 0. The van der Waals surface area contributed by atoms with Gasteiger partial charge in [-0.3, -0.25) is 14.4 Å². The second-order valence-electron chi connectivity index (χ2n) is 23.1. The maximum Gasteiger partial charge on any atom is 0.306 e. The van der Waals surface area contributed by atoms with E-state index in [4.69, 9.17) is 14.2 Å². The van der Waals surface area contributed by atoms with E-state index < -0.39 is 6.10 Å². The van der Waals surface area contributed by atoms with Crippen molar-refractivity contribution in [3.63, 3.8) is 0 Å². The summed E-state index contributed by atoms with van der Waals surface area (Å²) >= 11 is 0. The summed E-state index contributed by atoms with van der Waals surface area (Å²) in [4.78, 5) is 38.3. The molecule has 0 bridgehead atoms. The zero-order chi connectivity index (χ0) is 55.0. The SMILES string of the molecule is CCCCC/C=C\C/C=C\CCCCCCCC(=O)OC(COC(=O)CCCCCCC/C=C\CCCCCC)COC(=O)CCCCCCCCCCCCCCCCCCCCCCCCCCCCCCCC. The van der Waals surface area contributed by atoms with Gasteiger partial charge in [0, 0.05) is 19.3 Å². The third-order valence-corrected chi connectivity index (χ3v) is 15.4. The number of carbonyl (C=O) groups excluding carboxylic acids is 3. The number of unbranched alkanes of at least 4 members (excludes halogenated alkanes) is 46. The molecule has 0 aromatic rings. The van der Waals surface area contributed by atoms with Gasteiger partial charge in [0.2, 0.25) is 0 Å². The lowest BCUT2D eigenvalue weighted by molar-refractivity contribution is -0.167. The van der Waals surface area contributed by atoms with E-state index >= 15 is 0 Å². The first-order chi connectivity index (χ1) is 37.5. The van der Waals surface area contributed by atoms with E-state index in [1.54, 1.807) is 0 Å². The van der Waals surface area contributed by atoms with E-state index in [0.717, 1.165) is 89.9 Å². The average Bonchev–Trinajstić information content (AvgIpc) is 3.42. The van der Waals surface area contributed by atoms with Crippen LogP contribution in [0.15, 0.2) is 36.5 Å². The van der Waals surface area contributed by atoms with Crippen molar-refractivity contribution in [1.82, 2.24) is 0 Å². The number of rotatable bonds is 63. The summed E-state index contributed by atoms with van der Waals surface area (Å²) in [5.41, 5.74) is 0. The molecule has 0 saturated carbocycles. The maximum atomic E-state index is 12.9. The van der Waals surface area contributed by atoms with Gasteiger partial charge in [-0.15, -0.1) is 0 Å². The molecule has 0 aliphatic rings. The molecule has 6 heteroatoms. The number of allylic oxidation sites excluding steroid dienone is 6. The van der Waals surface area contributed by atoms with Gasteiger partial charge in [-0.1, -0.05) is 314 Å². The van der Waals surface area contributed by atoms with Crippen LogP contribution in [0, 0.1) is 0 Å². The molecule has 0 aliphatic heterocycles. The number of ether oxygens (including phenoxy) is 3. The van der Waals surface area contributed by atoms with Gasteiger partial charge in [0.25, 0.3) is 0 Å². The second-order valence-corrected chi connectivity index (χ2v) is 23.1. The Kier molecular flexibility index (Phi) is 63.1. The molecule has 0 spiro atoms. The Morgan fingerprint density at radius 2 is 0.474 bits per heavy atom. The van der Waals surface area contributed by atoms with Crippen LogP contribution in [0.2, 0.25) is 0 Å². The minimum Gasteiger partial charge on any atom is -0.462 e. The Morgan fingerprint density at radius 1 is 0.263 bits per heavy atom. The van der Waals surface area contributed by atoms with Crippen molar-refractivity contribution in [3.8, 4) is 0 Å². The molecule has 0 aromatic heterocycles. The highest BCUT2D eigenvalue weighted by Crippen LogP contribution is 2.18. The number of hydrogen-bond acceptors (Lipinski definition) is 6. The zero-order valence-corrected chi connectivity index (χ0v) is 51.3. The van der Waals surface area contributed by atoms with E-state index in [9.17, 15) is 14.4 Å². The molecule has 446 valence electrons. The Balaban J connectivity index is 4.13. The van der Waals surface area contributed by atoms with Crippen LogP contribution in [0.3, 0.4) is 0 Å². The molecule has 1 atom stereocenters. The summed E-state index contributed by atoms with van der Waals surface area (Å²) in [5.74, 6) is -0.878. The van der Waals surface area contributed by atoms with Crippen LogP contribution in [0.5, 0.6) is 0 Å². The first kappa shape index (κ1) is 73.6. The quantitative estimate of drug-likeness (QED) is 0.0261. The molecule has 0 radical (unpaired) electrons. The summed E-state index contributed by atoms with van der Waals surface area (Å²) in [6.07, 6.45) is 80.4. The minimum atomic E-state index is -0.781. The Bertz CT molecular complexity index is 1270. The van der Waals surface area contributed by atoms with Crippen molar-refractivity contribution in [3.05, 3.63) is 36.5 Å². The molecule has 0 fully saturated rings. The summed E-state index contributed by atoms with van der Waals surface area (Å²) in [5, 5.41) is 0. The largest absolute Gasteiger partial charge is 0.462 e. The third-order valence-electron chi connectivity index (χ3n) is 15.4. The molecule has 0 rings (SSSR count). The Hall–Kier alpha value is -2.37. The maximum absolute atomic E-state index is 12.9. The Morgan fingerprint density at radius 3 is 0.776 bits per heavy atom. The van der Waals surface area contributed by atoms with Crippen molar-refractivity contribution in [2.45, 2.75) is 380 Å². The summed E-state index contributed by atoms with van der Waals surface area (Å²) in [6.45, 7) is 6.64. The second kappa shape index (κ2) is 65.2. The molecule has 0 heterocycles. The highest BCUT2D eigenvalue weighted by molar-refractivity contribution is 5.71. The van der Waals surface area contributed by atoms with Gasteiger partial charge in [0.05, 0.1) is 0 Å². The van der Waals surface area contributed by atoms with E-state index in [1.165, 1.54) is 244 Å². The first-order valence-corrected chi connectivity index (χ1v) is 34.0. The van der Waals surface area contributed by atoms with Gasteiger partial charge in [0.1, 0.15) is 13.2 Å². The summed E-state index contributed by atoms with van der Waals surface area (Å²) in [7, 11) is 0. The fourth-order valence-electron chi connectivity index (χ4n) is 10.2. The predicted octanol–water partition coefficient (Wildman–Crippen LogP) is 23.2. The van der Waals surface area contributed by atoms with Crippen molar-refractivity contribution < 1.29 is 28.6 Å². The van der Waals surface area contributed by atoms with E-state index in [0.29, 0.717) is 19.3 Å². The highest BCUT2D eigenvalue weighted by Gasteiger charge is 2.19. The highest BCUT2D eigenvalue weighted by atomic mass is 16.6. The molecule has 0 aromatic carbocycles. The molecule has 76 heavy (non-hydrogen) atoms. The van der Waals surface area contributed by atoms with Gasteiger partial charge >= 0.3 is 17.9 Å². The zero-order valence-electron chi connectivity index (χ0n) is 51.3. The lowest BCUT2D eigenvalue weighted by Gasteiger charge is -2.18. The van der Waals surface area contributed by atoms with Crippen LogP contribution in [-0.4, -0.2) is 37.2 Å². The van der Waals surface area contributed by atoms with Crippen molar-refractivity contribution in [1.29, 1.82) is 0 Å². The van der Waals surface area contributed by atoms with Crippen molar-refractivity contribution in [2.75, 3.05) is 13.2 Å². The fourth-order valence-corrected chi connectivity index (χ4v) is 10.2. The normalized spacial score (nSPS) is 12.2. The van der Waals surface area contributed by atoms with Gasteiger partial charge in [0.15, 0.2) is 6.10 Å². The molecular formula is C70H130O6. The lowest BCUT2D eigenvalue weighted by Crippen LogP contribution is -2.30. The van der Waals surface area contributed by atoms with Crippen LogP contribution in [0.25, 0.3) is 0 Å². The van der Waals surface area contributed by atoms with Crippen LogP contribution in [0.1, 0.15) is 374 Å². The van der Waals surface area contributed by atoms with Gasteiger partial charge in [-0.05, 0) is 77.0 Å². The van der Waals surface area contributed by atoms with Crippen molar-refractivity contribution >= 4 is 17.9 Å². The number of carbonyl (C=O) groups is 3. The van der Waals surface area contributed by atoms with Crippen LogP contribution < -0.4 is 0 Å². The molecular weight excluding hydrogens is 937 g/mol. The molecule has 0 N–H and O–H groups in total. The molecule has 6 nitrogen and oxygen atoms in total. The summed E-state index contributed by atoms with van der Waals surface area (Å²) in [6, 6.07) is 0. The van der Waals surface area contributed by atoms with Gasteiger partial charge < -0.3 is 14.2 Å². The van der Waals surface area contributed by atoms with Crippen LogP contribution >= 0.6 is 0 Å². The van der Waals surface area contributed by atoms with E-state index in [-0.39, 0.29) is 31.1 Å². The third kappa shape index (κ3) is 62.5. The van der Waals surface area contributed by atoms with Crippen LogP contribution in [-0.2, 0) is 28.6 Å². The minimum absolute atomic E-state index is 0.0766. The van der Waals surface area contributed by atoms with Crippen molar-refractivity contribution in [2.24, 2.45) is 0 Å². The van der Waals surface area contributed by atoms with Crippen LogP contribution in [0.4, 0.5) is 0 Å². The monoisotopic (exact) mass is 1070 g/mol. The topological polar surface area (TPSA) is 78.9 Å². The van der Waals surface area contributed by atoms with Gasteiger partial charge in [-0.25, -0.2) is 0 Å². The lowest BCUT2D eigenvalue weighted by atomic mass is 10.0. The van der Waals surface area contributed by atoms with Gasteiger partial charge in [-0.2, -0.15) is 0 Å². The predicted molar refractivity (Wildman–Crippen MR) is 330 cm³/mol. The molecule has 0 aliphatic carbocycles.